The fourth-order valence-corrected chi connectivity index (χ4v) is 4.63. The number of amides is 1. The van der Waals surface area contributed by atoms with Gasteiger partial charge in [-0.3, -0.25) is 4.79 Å². The fraction of sp³-hybridized carbons (Fsp3) is 0.350. The van der Waals surface area contributed by atoms with E-state index >= 15 is 0 Å². The molecule has 0 fully saturated rings. The quantitative estimate of drug-likeness (QED) is 0.777. The second kappa shape index (κ2) is 7.62. The van der Waals surface area contributed by atoms with Crippen molar-refractivity contribution < 1.29 is 13.2 Å². The van der Waals surface area contributed by atoms with E-state index in [1.807, 2.05) is 12.1 Å². The highest BCUT2D eigenvalue weighted by Crippen LogP contribution is 2.35. The molecule has 2 aromatic carbocycles. The van der Waals surface area contributed by atoms with Gasteiger partial charge in [-0.25, -0.2) is 12.7 Å². The molecule has 1 aliphatic rings. The van der Waals surface area contributed by atoms with Gasteiger partial charge in [0, 0.05) is 21.1 Å². The first kappa shape index (κ1) is 19.9. The first-order valence-electron chi connectivity index (χ1n) is 8.80. The van der Waals surface area contributed by atoms with Gasteiger partial charge in [0.1, 0.15) is 0 Å². The molecule has 0 heterocycles. The Balaban J connectivity index is 1.97. The maximum Gasteiger partial charge on any atom is 0.255 e. The molecular formula is C20H23ClN2O3S. The van der Waals surface area contributed by atoms with Crippen molar-refractivity contribution in [1.29, 1.82) is 0 Å². The molecule has 7 heteroatoms. The number of carbonyl (C=O) groups is 1. The van der Waals surface area contributed by atoms with Crippen LogP contribution >= 0.6 is 11.6 Å². The Labute approximate surface area is 165 Å². The molecule has 0 saturated carbocycles. The summed E-state index contributed by atoms with van der Waals surface area (Å²) in [5.74, 6) is -0.280. The van der Waals surface area contributed by atoms with Crippen LogP contribution in [0.25, 0.3) is 0 Å². The van der Waals surface area contributed by atoms with Gasteiger partial charge in [-0.05, 0) is 48.6 Å². The molecule has 0 aliphatic heterocycles. The third-order valence-corrected chi connectivity index (χ3v) is 7.21. The number of hydrogen-bond acceptors (Lipinski definition) is 3. The predicted molar refractivity (Wildman–Crippen MR) is 107 cm³/mol. The van der Waals surface area contributed by atoms with Crippen LogP contribution in [0.5, 0.6) is 0 Å². The number of halogens is 1. The molecule has 1 unspecified atom stereocenters. The fourth-order valence-electron chi connectivity index (χ4n) is 3.50. The Morgan fingerprint density at radius 1 is 1.11 bits per heavy atom. The average molecular weight is 407 g/mol. The molecule has 144 valence electrons. The Morgan fingerprint density at radius 3 is 2.52 bits per heavy atom. The molecule has 27 heavy (non-hydrogen) atoms. The first-order valence-corrected chi connectivity index (χ1v) is 10.6. The number of hydrogen-bond donors (Lipinski definition) is 0. The van der Waals surface area contributed by atoms with Crippen LogP contribution in [-0.4, -0.2) is 44.7 Å². The Hall–Kier alpha value is -1.89. The summed E-state index contributed by atoms with van der Waals surface area (Å²) in [6, 6.07) is 12.3. The van der Waals surface area contributed by atoms with Crippen LogP contribution in [0.15, 0.2) is 47.4 Å². The topological polar surface area (TPSA) is 57.7 Å². The standard InChI is InChI=1S/C20H23ClN2O3S/c1-22(2)27(25,26)15-11-12-18(21)17(13-15)20(24)23(3)19-10-6-8-14-7-4-5-9-16(14)19/h4-5,7,9,11-13,19H,6,8,10H2,1-3H3. The molecule has 2 aromatic rings. The normalized spacial score (nSPS) is 16.9. The number of carbonyl (C=O) groups excluding carboxylic acids is 1. The Morgan fingerprint density at radius 2 is 1.81 bits per heavy atom. The summed E-state index contributed by atoms with van der Waals surface area (Å²) < 4.78 is 25.9. The number of nitrogens with zero attached hydrogens (tertiary/aromatic N) is 2. The number of fused-ring (bicyclic) bond motifs is 1. The van der Waals surface area contributed by atoms with Gasteiger partial charge in [-0.2, -0.15) is 0 Å². The molecule has 0 saturated heterocycles. The van der Waals surface area contributed by atoms with Crippen LogP contribution in [0.3, 0.4) is 0 Å². The van der Waals surface area contributed by atoms with Crippen LogP contribution in [0, 0.1) is 0 Å². The second-order valence-corrected chi connectivity index (χ2v) is 9.51. The lowest BCUT2D eigenvalue weighted by atomic mass is 9.87. The molecule has 3 rings (SSSR count). The van der Waals surface area contributed by atoms with Crippen molar-refractivity contribution in [2.45, 2.75) is 30.2 Å². The van der Waals surface area contributed by atoms with Crippen LogP contribution in [0.2, 0.25) is 5.02 Å². The lowest BCUT2D eigenvalue weighted by Gasteiger charge is -2.33. The molecule has 0 radical (unpaired) electrons. The summed E-state index contributed by atoms with van der Waals surface area (Å²) in [7, 11) is 1.01. The largest absolute Gasteiger partial charge is 0.335 e. The first-order chi connectivity index (χ1) is 12.7. The third-order valence-electron chi connectivity index (χ3n) is 5.07. The second-order valence-electron chi connectivity index (χ2n) is 6.95. The van der Waals surface area contributed by atoms with Crippen molar-refractivity contribution in [3.8, 4) is 0 Å². The van der Waals surface area contributed by atoms with E-state index in [1.165, 1.54) is 37.9 Å². The summed E-state index contributed by atoms with van der Waals surface area (Å²) >= 11 is 6.25. The van der Waals surface area contributed by atoms with Gasteiger partial charge < -0.3 is 4.90 Å². The minimum absolute atomic E-state index is 0.0485. The molecule has 0 N–H and O–H groups in total. The molecule has 1 aliphatic carbocycles. The van der Waals surface area contributed by atoms with Crippen molar-refractivity contribution in [3.05, 3.63) is 64.2 Å². The number of sulfonamides is 1. The van der Waals surface area contributed by atoms with Gasteiger partial charge in [0.25, 0.3) is 5.91 Å². The molecule has 1 atom stereocenters. The van der Waals surface area contributed by atoms with Gasteiger partial charge >= 0.3 is 0 Å². The van der Waals surface area contributed by atoms with Gasteiger partial charge in [-0.15, -0.1) is 0 Å². The highest BCUT2D eigenvalue weighted by atomic mass is 35.5. The van der Waals surface area contributed by atoms with E-state index < -0.39 is 10.0 Å². The zero-order valence-electron chi connectivity index (χ0n) is 15.6. The van der Waals surface area contributed by atoms with E-state index in [0.717, 1.165) is 29.1 Å². The highest BCUT2D eigenvalue weighted by Gasteiger charge is 2.29. The van der Waals surface area contributed by atoms with Gasteiger partial charge in [0.2, 0.25) is 10.0 Å². The average Bonchev–Trinajstić information content (AvgIpc) is 2.66. The smallest absolute Gasteiger partial charge is 0.255 e. The van der Waals surface area contributed by atoms with E-state index in [-0.39, 0.29) is 27.4 Å². The van der Waals surface area contributed by atoms with E-state index in [4.69, 9.17) is 11.6 Å². The van der Waals surface area contributed by atoms with E-state index in [2.05, 4.69) is 12.1 Å². The zero-order chi connectivity index (χ0) is 19.8. The van der Waals surface area contributed by atoms with Crippen molar-refractivity contribution in [2.75, 3.05) is 21.1 Å². The number of aryl methyl sites for hydroxylation is 1. The molecule has 0 bridgehead atoms. The predicted octanol–water partition coefficient (Wildman–Crippen LogP) is 3.74. The summed E-state index contributed by atoms with van der Waals surface area (Å²) in [5.41, 5.74) is 2.60. The monoisotopic (exact) mass is 406 g/mol. The Kier molecular flexibility index (Phi) is 5.60. The minimum Gasteiger partial charge on any atom is -0.335 e. The van der Waals surface area contributed by atoms with Crippen LogP contribution < -0.4 is 0 Å². The van der Waals surface area contributed by atoms with Crippen molar-refractivity contribution in [1.82, 2.24) is 9.21 Å². The van der Waals surface area contributed by atoms with Crippen LogP contribution in [-0.2, 0) is 16.4 Å². The Bertz CT molecular complexity index is 973. The maximum atomic E-state index is 13.2. The lowest BCUT2D eigenvalue weighted by molar-refractivity contribution is 0.0715. The molecule has 0 aromatic heterocycles. The van der Waals surface area contributed by atoms with Crippen LogP contribution in [0.1, 0.15) is 40.4 Å². The van der Waals surface area contributed by atoms with Crippen molar-refractivity contribution >= 4 is 27.5 Å². The van der Waals surface area contributed by atoms with Gasteiger partial charge in [-0.1, -0.05) is 35.9 Å². The summed E-state index contributed by atoms with van der Waals surface area (Å²) in [5, 5.41) is 0.244. The SMILES string of the molecule is CN(C(=O)c1cc(S(=O)(=O)N(C)C)ccc1Cl)C1CCCc2ccccc21. The van der Waals surface area contributed by atoms with Gasteiger partial charge in [0.05, 0.1) is 21.5 Å². The summed E-state index contributed by atoms with van der Waals surface area (Å²) in [6.45, 7) is 0. The van der Waals surface area contributed by atoms with E-state index in [9.17, 15) is 13.2 Å². The van der Waals surface area contributed by atoms with E-state index in [0.29, 0.717) is 0 Å². The zero-order valence-corrected chi connectivity index (χ0v) is 17.2. The lowest BCUT2D eigenvalue weighted by Crippen LogP contribution is -2.33. The molecular weight excluding hydrogens is 384 g/mol. The molecule has 0 spiro atoms. The third kappa shape index (κ3) is 3.74. The summed E-state index contributed by atoms with van der Waals surface area (Å²) in [6.07, 6.45) is 2.88. The number of rotatable bonds is 4. The summed E-state index contributed by atoms with van der Waals surface area (Å²) in [4.78, 5) is 14.9. The van der Waals surface area contributed by atoms with Crippen LogP contribution in [0.4, 0.5) is 0 Å². The minimum atomic E-state index is -3.64. The maximum absolute atomic E-state index is 13.2. The van der Waals surface area contributed by atoms with E-state index in [1.54, 1.807) is 11.9 Å². The van der Waals surface area contributed by atoms with Crippen molar-refractivity contribution in [2.24, 2.45) is 0 Å². The molecule has 5 nitrogen and oxygen atoms in total. The number of benzene rings is 2. The van der Waals surface area contributed by atoms with Crippen molar-refractivity contribution in [3.63, 3.8) is 0 Å². The highest BCUT2D eigenvalue weighted by molar-refractivity contribution is 7.89. The van der Waals surface area contributed by atoms with Gasteiger partial charge in [0.15, 0.2) is 0 Å². The molecule has 1 amide bonds.